The number of benzene rings is 2. The Bertz CT molecular complexity index is 809. The molecule has 1 atom stereocenters. The number of amides is 3. The van der Waals surface area contributed by atoms with Gasteiger partial charge in [-0.2, -0.15) is 0 Å². The molecule has 5 nitrogen and oxygen atoms in total. The van der Waals surface area contributed by atoms with Crippen LogP contribution in [0.15, 0.2) is 53.0 Å². The SMILES string of the molecule is CC(NC(=O)Nc1cccc(N2CCCCC2=O)c1)c1ccccc1Br. The largest absolute Gasteiger partial charge is 0.331 e. The van der Waals surface area contributed by atoms with E-state index in [1.807, 2.05) is 55.5 Å². The van der Waals surface area contributed by atoms with Gasteiger partial charge in [0.1, 0.15) is 0 Å². The topological polar surface area (TPSA) is 61.4 Å². The third-order valence-corrected chi connectivity index (χ3v) is 5.18. The molecule has 1 heterocycles. The molecule has 1 unspecified atom stereocenters. The normalized spacial score (nSPS) is 15.5. The highest BCUT2D eigenvalue weighted by Crippen LogP contribution is 2.25. The zero-order valence-corrected chi connectivity index (χ0v) is 16.3. The molecule has 1 aliphatic heterocycles. The number of rotatable bonds is 4. The Morgan fingerprint density at radius 1 is 1.15 bits per heavy atom. The van der Waals surface area contributed by atoms with Crippen molar-refractivity contribution in [2.45, 2.75) is 32.2 Å². The smallest absolute Gasteiger partial charge is 0.319 e. The predicted octanol–water partition coefficient (Wildman–Crippen LogP) is 4.85. The lowest BCUT2D eigenvalue weighted by molar-refractivity contribution is -0.119. The minimum Gasteiger partial charge on any atom is -0.331 e. The van der Waals surface area contributed by atoms with Gasteiger partial charge in [-0.3, -0.25) is 4.79 Å². The van der Waals surface area contributed by atoms with Gasteiger partial charge in [-0.15, -0.1) is 0 Å². The molecule has 1 fully saturated rings. The second-order valence-corrected chi connectivity index (χ2v) is 7.25. The van der Waals surface area contributed by atoms with Gasteiger partial charge < -0.3 is 15.5 Å². The van der Waals surface area contributed by atoms with Crippen molar-refractivity contribution in [3.05, 3.63) is 58.6 Å². The van der Waals surface area contributed by atoms with Crippen molar-refractivity contribution in [1.29, 1.82) is 0 Å². The lowest BCUT2D eigenvalue weighted by Gasteiger charge is -2.27. The fourth-order valence-electron chi connectivity index (χ4n) is 3.10. The van der Waals surface area contributed by atoms with Gasteiger partial charge in [0.2, 0.25) is 5.91 Å². The lowest BCUT2D eigenvalue weighted by atomic mass is 10.1. The van der Waals surface area contributed by atoms with Crippen LogP contribution in [0.1, 0.15) is 37.8 Å². The monoisotopic (exact) mass is 415 g/mol. The van der Waals surface area contributed by atoms with Crippen molar-refractivity contribution >= 4 is 39.2 Å². The first-order valence-corrected chi connectivity index (χ1v) is 9.56. The number of nitrogens with one attached hydrogen (secondary N) is 2. The van der Waals surface area contributed by atoms with Gasteiger partial charge >= 0.3 is 6.03 Å². The Morgan fingerprint density at radius 3 is 2.73 bits per heavy atom. The van der Waals surface area contributed by atoms with Crippen molar-refractivity contribution in [3.8, 4) is 0 Å². The predicted molar refractivity (Wildman–Crippen MR) is 107 cm³/mol. The third kappa shape index (κ3) is 4.43. The molecular formula is C20H22BrN3O2. The number of hydrogen-bond donors (Lipinski definition) is 2. The minimum absolute atomic E-state index is 0.139. The number of carbonyl (C=O) groups is 2. The molecule has 0 radical (unpaired) electrons. The summed E-state index contributed by atoms with van der Waals surface area (Å²) in [4.78, 5) is 26.2. The molecule has 3 rings (SSSR count). The average Bonchev–Trinajstić information content (AvgIpc) is 2.62. The van der Waals surface area contributed by atoms with Gasteiger partial charge in [0, 0.05) is 28.8 Å². The number of hydrogen-bond acceptors (Lipinski definition) is 2. The lowest BCUT2D eigenvalue weighted by Crippen LogP contribution is -2.35. The molecule has 136 valence electrons. The maximum absolute atomic E-state index is 12.3. The minimum atomic E-state index is -0.282. The van der Waals surface area contributed by atoms with E-state index < -0.39 is 0 Å². The van der Waals surface area contributed by atoms with Crippen LogP contribution in [-0.2, 0) is 4.79 Å². The Labute approximate surface area is 161 Å². The standard InChI is InChI=1S/C20H22BrN3O2/c1-14(17-9-2-3-10-18(17)21)22-20(26)23-15-7-6-8-16(13-15)24-12-5-4-11-19(24)25/h2-3,6-10,13-14H,4-5,11-12H2,1H3,(H2,22,23,26). The van der Waals surface area contributed by atoms with E-state index in [1.54, 1.807) is 4.90 Å². The average molecular weight is 416 g/mol. The molecule has 2 aromatic rings. The molecule has 0 saturated carbocycles. The highest BCUT2D eigenvalue weighted by atomic mass is 79.9. The van der Waals surface area contributed by atoms with Gasteiger partial charge in [0.15, 0.2) is 0 Å². The quantitative estimate of drug-likeness (QED) is 0.749. The highest BCUT2D eigenvalue weighted by molar-refractivity contribution is 9.10. The summed E-state index contributed by atoms with van der Waals surface area (Å²) < 4.78 is 0.957. The van der Waals surface area contributed by atoms with E-state index in [2.05, 4.69) is 26.6 Å². The fraction of sp³-hybridized carbons (Fsp3) is 0.300. The van der Waals surface area contributed by atoms with Crippen molar-refractivity contribution < 1.29 is 9.59 Å². The van der Waals surface area contributed by atoms with E-state index in [0.29, 0.717) is 12.1 Å². The molecule has 2 aromatic carbocycles. The van der Waals surface area contributed by atoms with Crippen LogP contribution in [0.5, 0.6) is 0 Å². The number of halogens is 1. The molecule has 2 N–H and O–H groups in total. The van der Waals surface area contributed by atoms with Crippen molar-refractivity contribution in [1.82, 2.24) is 5.32 Å². The Kier molecular flexibility index (Phi) is 5.93. The summed E-state index contributed by atoms with van der Waals surface area (Å²) in [6.45, 7) is 2.66. The molecule has 0 bridgehead atoms. The van der Waals surface area contributed by atoms with Crippen LogP contribution in [0.3, 0.4) is 0 Å². The first-order valence-electron chi connectivity index (χ1n) is 8.77. The summed E-state index contributed by atoms with van der Waals surface area (Å²) >= 11 is 3.50. The molecule has 6 heteroatoms. The molecule has 0 spiro atoms. The Morgan fingerprint density at radius 2 is 1.96 bits per heavy atom. The summed E-state index contributed by atoms with van der Waals surface area (Å²) in [5.74, 6) is 0.139. The van der Waals surface area contributed by atoms with Crippen LogP contribution in [0.4, 0.5) is 16.2 Å². The summed E-state index contributed by atoms with van der Waals surface area (Å²) in [6, 6.07) is 14.8. The van der Waals surface area contributed by atoms with Crippen molar-refractivity contribution in [2.75, 3.05) is 16.8 Å². The van der Waals surface area contributed by atoms with Gasteiger partial charge in [0.25, 0.3) is 0 Å². The van der Waals surface area contributed by atoms with Crippen LogP contribution in [0.2, 0.25) is 0 Å². The van der Waals surface area contributed by atoms with Gasteiger partial charge in [0.05, 0.1) is 6.04 Å². The van der Waals surface area contributed by atoms with Gasteiger partial charge in [-0.05, 0) is 49.6 Å². The molecule has 0 aromatic heterocycles. The summed E-state index contributed by atoms with van der Waals surface area (Å²) in [5, 5.41) is 5.79. The van der Waals surface area contributed by atoms with Crippen LogP contribution in [0, 0.1) is 0 Å². The van der Waals surface area contributed by atoms with Crippen molar-refractivity contribution in [2.24, 2.45) is 0 Å². The first-order chi connectivity index (χ1) is 12.5. The first kappa shape index (κ1) is 18.5. The molecule has 26 heavy (non-hydrogen) atoms. The van der Waals surface area contributed by atoms with Crippen LogP contribution in [0.25, 0.3) is 0 Å². The highest BCUT2D eigenvalue weighted by Gasteiger charge is 2.20. The number of carbonyl (C=O) groups excluding carboxylic acids is 2. The van der Waals surface area contributed by atoms with E-state index >= 15 is 0 Å². The number of piperidine rings is 1. The van der Waals surface area contributed by atoms with E-state index in [4.69, 9.17) is 0 Å². The molecular weight excluding hydrogens is 394 g/mol. The van der Waals surface area contributed by atoms with Gasteiger partial charge in [-0.1, -0.05) is 40.2 Å². The fourth-order valence-corrected chi connectivity index (χ4v) is 3.73. The van der Waals surface area contributed by atoms with E-state index in [0.717, 1.165) is 35.1 Å². The Hall–Kier alpha value is -2.34. The zero-order valence-electron chi connectivity index (χ0n) is 14.7. The Balaban J connectivity index is 1.65. The van der Waals surface area contributed by atoms with Gasteiger partial charge in [-0.25, -0.2) is 4.79 Å². The molecule has 1 saturated heterocycles. The number of nitrogens with zero attached hydrogens (tertiary/aromatic N) is 1. The summed E-state index contributed by atoms with van der Waals surface area (Å²) in [7, 11) is 0. The maximum Gasteiger partial charge on any atom is 0.319 e. The van der Waals surface area contributed by atoms with Crippen molar-refractivity contribution in [3.63, 3.8) is 0 Å². The van der Waals surface area contributed by atoms with Crippen LogP contribution >= 0.6 is 15.9 Å². The van der Waals surface area contributed by atoms with Crippen LogP contribution < -0.4 is 15.5 Å². The maximum atomic E-state index is 12.3. The van der Waals surface area contributed by atoms with E-state index in [-0.39, 0.29) is 18.0 Å². The summed E-state index contributed by atoms with van der Waals surface area (Å²) in [6.07, 6.45) is 2.54. The second kappa shape index (κ2) is 8.36. The zero-order chi connectivity index (χ0) is 18.5. The van der Waals surface area contributed by atoms with E-state index in [1.165, 1.54) is 0 Å². The number of anilines is 2. The van der Waals surface area contributed by atoms with Crippen LogP contribution in [-0.4, -0.2) is 18.5 Å². The summed E-state index contributed by atoms with van der Waals surface area (Å²) in [5.41, 5.74) is 2.50. The van der Waals surface area contributed by atoms with E-state index in [9.17, 15) is 9.59 Å². The molecule has 0 aliphatic carbocycles. The molecule has 3 amide bonds. The number of urea groups is 1. The third-order valence-electron chi connectivity index (χ3n) is 4.46. The molecule has 1 aliphatic rings. The second-order valence-electron chi connectivity index (χ2n) is 6.39.